The molecule has 0 aromatic rings. The van der Waals surface area contributed by atoms with Gasteiger partial charge in [-0.3, -0.25) is 14.6 Å². The summed E-state index contributed by atoms with van der Waals surface area (Å²) in [6.45, 7) is 5.36. The minimum Gasteiger partial charge on any atom is -0.355 e. The molecule has 7 nitrogen and oxygen atoms in total. The number of rotatable bonds is 12. The van der Waals surface area contributed by atoms with Gasteiger partial charge in [-0.15, -0.1) is 0 Å². The highest BCUT2D eigenvalue weighted by Crippen LogP contribution is 2.13. The number of hydrogen-bond acceptors (Lipinski definition) is 5. The van der Waals surface area contributed by atoms with Crippen molar-refractivity contribution in [3.63, 3.8) is 0 Å². The quantitative estimate of drug-likeness (QED) is 0.0871. The molecule has 0 aliphatic carbocycles. The van der Waals surface area contributed by atoms with E-state index in [0.717, 1.165) is 19.3 Å². The largest absolute Gasteiger partial charge is 0.355 e. The first-order valence-corrected chi connectivity index (χ1v) is 8.24. The molecule has 1 unspecified atom stereocenters. The van der Waals surface area contributed by atoms with Crippen molar-refractivity contribution in [3.8, 4) is 0 Å². The van der Waals surface area contributed by atoms with Gasteiger partial charge >= 0.3 is 0 Å². The third kappa shape index (κ3) is 11.4. The van der Waals surface area contributed by atoms with Crippen molar-refractivity contribution >= 4 is 30.8 Å². The van der Waals surface area contributed by atoms with E-state index in [2.05, 4.69) is 47.5 Å². The molecule has 0 bridgehead atoms. The van der Waals surface area contributed by atoms with E-state index < -0.39 is 0 Å². The molecule has 0 aromatic heterocycles. The molecule has 0 rings (SSSR count). The van der Waals surface area contributed by atoms with Crippen LogP contribution in [-0.2, 0) is 9.59 Å². The molecule has 8 heteroatoms. The molecule has 5 N–H and O–H groups in total. The van der Waals surface area contributed by atoms with Crippen LogP contribution in [0.25, 0.3) is 0 Å². The molecular weight excluding hydrogens is 302 g/mol. The fourth-order valence-electron chi connectivity index (χ4n) is 1.88. The van der Waals surface area contributed by atoms with E-state index in [1.54, 1.807) is 0 Å². The molecule has 0 aromatic carbocycles. The third-order valence-corrected chi connectivity index (χ3v) is 3.41. The van der Waals surface area contributed by atoms with Gasteiger partial charge in [0, 0.05) is 24.8 Å². The predicted molar refractivity (Wildman–Crippen MR) is 92.7 cm³/mol. The highest BCUT2D eigenvalue weighted by Gasteiger charge is 2.18. The Bertz CT molecular complexity index is 350. The number of amides is 2. The van der Waals surface area contributed by atoms with Crippen LogP contribution >= 0.6 is 12.6 Å². The molecule has 0 saturated heterocycles. The van der Waals surface area contributed by atoms with Crippen LogP contribution in [0.4, 0.5) is 0 Å². The summed E-state index contributed by atoms with van der Waals surface area (Å²) in [7, 11) is 0. The second kappa shape index (κ2) is 13.4. The third-order valence-electron chi connectivity index (χ3n) is 2.97. The zero-order valence-electron chi connectivity index (χ0n) is 13.5. The number of carbonyl (C=O) groups is 2. The predicted octanol–water partition coefficient (Wildman–Crippen LogP) is 0.0827. The minimum absolute atomic E-state index is 0.0104. The highest BCUT2D eigenvalue weighted by atomic mass is 32.1. The summed E-state index contributed by atoms with van der Waals surface area (Å²) in [6.07, 6.45) is 3.90. The average Bonchev–Trinajstić information content (AvgIpc) is 2.49. The molecule has 128 valence electrons. The normalized spacial score (nSPS) is 12.4. The first-order chi connectivity index (χ1) is 10.5. The average molecular weight is 331 g/mol. The number of thiol groups is 1. The Labute approximate surface area is 138 Å². The summed E-state index contributed by atoms with van der Waals surface area (Å²) in [4.78, 5) is 27.5. The van der Waals surface area contributed by atoms with Crippen LogP contribution < -0.4 is 21.9 Å². The second-order valence-electron chi connectivity index (χ2n) is 5.49. The summed E-state index contributed by atoms with van der Waals surface area (Å²) in [5.74, 6) is 5.51. The second-order valence-corrected chi connectivity index (χ2v) is 5.85. The van der Waals surface area contributed by atoms with Crippen LogP contribution in [0.2, 0.25) is 0 Å². The van der Waals surface area contributed by atoms with Crippen molar-refractivity contribution in [3.05, 3.63) is 0 Å². The maximum atomic E-state index is 11.9. The Hall–Kier alpha value is -1.28. The lowest BCUT2D eigenvalue weighted by Crippen LogP contribution is -2.40. The molecule has 22 heavy (non-hydrogen) atoms. The molecular formula is C14H29N5O2S. The van der Waals surface area contributed by atoms with Gasteiger partial charge in [0.15, 0.2) is 0 Å². The van der Waals surface area contributed by atoms with Gasteiger partial charge < -0.3 is 16.1 Å². The van der Waals surface area contributed by atoms with Crippen LogP contribution in [0.15, 0.2) is 4.99 Å². The lowest BCUT2D eigenvalue weighted by atomic mass is 9.98. The number of nitrogens with zero attached hydrogens (tertiary/aromatic N) is 1. The molecule has 0 saturated carbocycles. The molecule has 0 radical (unpaired) electrons. The Kier molecular flexibility index (Phi) is 12.6. The Morgan fingerprint density at radius 1 is 1.27 bits per heavy atom. The van der Waals surface area contributed by atoms with E-state index in [1.807, 2.05) is 0 Å². The van der Waals surface area contributed by atoms with Gasteiger partial charge in [-0.2, -0.15) is 12.6 Å². The van der Waals surface area contributed by atoms with E-state index in [-0.39, 0.29) is 24.3 Å². The lowest BCUT2D eigenvalue weighted by molar-refractivity contribution is -0.128. The number of hydrazine groups is 1. The summed E-state index contributed by atoms with van der Waals surface area (Å²) < 4.78 is 0. The number of carbonyl (C=O) groups excluding carboxylic acids is 2. The van der Waals surface area contributed by atoms with E-state index >= 15 is 0 Å². The highest BCUT2D eigenvalue weighted by molar-refractivity contribution is 7.80. The van der Waals surface area contributed by atoms with Crippen molar-refractivity contribution in [2.45, 2.75) is 33.1 Å². The van der Waals surface area contributed by atoms with Crippen molar-refractivity contribution in [1.82, 2.24) is 16.1 Å². The first-order valence-electron chi connectivity index (χ1n) is 7.61. The fraction of sp³-hybridized carbons (Fsp3) is 0.786. The first kappa shape index (κ1) is 20.7. The standard InChI is InChI=1S/C14H29N5O2S/c1-11(2)7-12(9-22)14(21)18-8-13(20)17-6-4-3-5-16-10-19-15/h10-12,22H,3-9,15H2,1-2H3,(H,16,19)(H,17,20)(H,18,21). The van der Waals surface area contributed by atoms with Crippen molar-refractivity contribution in [2.75, 3.05) is 25.4 Å². The number of unbranched alkanes of at least 4 members (excludes halogenated alkanes) is 1. The van der Waals surface area contributed by atoms with E-state index in [9.17, 15) is 9.59 Å². The number of aliphatic imine (C=N–C) groups is 1. The van der Waals surface area contributed by atoms with Crippen LogP contribution in [0, 0.1) is 11.8 Å². The molecule has 2 amide bonds. The van der Waals surface area contributed by atoms with Crippen molar-refractivity contribution in [1.29, 1.82) is 0 Å². The van der Waals surface area contributed by atoms with Gasteiger partial charge in [-0.1, -0.05) is 13.8 Å². The van der Waals surface area contributed by atoms with Gasteiger partial charge in [0.25, 0.3) is 0 Å². The monoisotopic (exact) mass is 331 g/mol. The fourth-order valence-corrected chi connectivity index (χ4v) is 2.20. The zero-order valence-corrected chi connectivity index (χ0v) is 14.4. The van der Waals surface area contributed by atoms with Gasteiger partial charge in [0.1, 0.15) is 0 Å². The van der Waals surface area contributed by atoms with Gasteiger partial charge in [-0.25, -0.2) is 5.84 Å². The maximum absolute atomic E-state index is 11.9. The van der Waals surface area contributed by atoms with Crippen LogP contribution in [0.5, 0.6) is 0 Å². The molecule has 0 aliphatic heterocycles. The molecule has 0 heterocycles. The summed E-state index contributed by atoms with van der Waals surface area (Å²) in [5.41, 5.74) is 2.32. The van der Waals surface area contributed by atoms with Crippen molar-refractivity contribution < 1.29 is 9.59 Å². The van der Waals surface area contributed by atoms with E-state index in [0.29, 0.717) is 24.8 Å². The summed E-state index contributed by atoms with van der Waals surface area (Å²) >= 11 is 4.19. The van der Waals surface area contributed by atoms with Crippen molar-refractivity contribution in [2.24, 2.45) is 22.7 Å². The Morgan fingerprint density at radius 3 is 2.59 bits per heavy atom. The molecule has 0 aliphatic rings. The van der Waals surface area contributed by atoms with E-state index in [4.69, 9.17) is 5.84 Å². The smallest absolute Gasteiger partial charge is 0.239 e. The van der Waals surface area contributed by atoms with Crippen LogP contribution in [-0.4, -0.2) is 43.5 Å². The zero-order chi connectivity index (χ0) is 16.8. The topological polar surface area (TPSA) is 109 Å². The lowest BCUT2D eigenvalue weighted by Gasteiger charge is -2.16. The SMILES string of the molecule is CC(C)CC(CS)C(=O)NCC(=O)NCCCCN=CNN. The van der Waals surface area contributed by atoms with Crippen LogP contribution in [0.1, 0.15) is 33.1 Å². The summed E-state index contributed by atoms with van der Waals surface area (Å²) in [6, 6.07) is 0. The number of nitrogens with two attached hydrogens (primary N) is 1. The number of nitrogens with one attached hydrogen (secondary N) is 3. The Morgan fingerprint density at radius 2 is 2.00 bits per heavy atom. The van der Waals surface area contributed by atoms with Gasteiger partial charge in [-0.05, 0) is 25.2 Å². The molecule has 0 fully saturated rings. The Balaban J connectivity index is 3.75. The van der Waals surface area contributed by atoms with Gasteiger partial charge in [0.2, 0.25) is 11.8 Å². The molecule has 1 atom stereocenters. The van der Waals surface area contributed by atoms with Crippen LogP contribution in [0.3, 0.4) is 0 Å². The van der Waals surface area contributed by atoms with Gasteiger partial charge in [0.05, 0.1) is 12.9 Å². The number of hydrogen-bond donors (Lipinski definition) is 5. The molecule has 0 spiro atoms. The minimum atomic E-state index is -0.178. The summed E-state index contributed by atoms with van der Waals surface area (Å²) in [5, 5.41) is 5.42. The van der Waals surface area contributed by atoms with E-state index in [1.165, 1.54) is 6.34 Å². The maximum Gasteiger partial charge on any atom is 0.239 e.